The fourth-order valence-corrected chi connectivity index (χ4v) is 3.04. The number of methoxy groups -OCH3 is 1. The van der Waals surface area contributed by atoms with Crippen LogP contribution < -0.4 is 5.32 Å². The van der Waals surface area contributed by atoms with Crippen molar-refractivity contribution in [1.29, 1.82) is 0 Å². The van der Waals surface area contributed by atoms with Gasteiger partial charge in [-0.2, -0.15) is 5.10 Å². The Labute approximate surface area is 160 Å². The van der Waals surface area contributed by atoms with Crippen LogP contribution in [-0.4, -0.2) is 58.9 Å². The number of pyridine rings is 1. The number of amides is 1. The van der Waals surface area contributed by atoms with Crippen LogP contribution in [0.4, 0.5) is 0 Å². The van der Waals surface area contributed by atoms with E-state index >= 15 is 0 Å². The van der Waals surface area contributed by atoms with Crippen molar-refractivity contribution >= 4 is 18.3 Å². The average molecular weight is 380 g/mol. The van der Waals surface area contributed by atoms with E-state index in [2.05, 4.69) is 15.4 Å². The number of ether oxygens (including phenoxy) is 1. The minimum atomic E-state index is -0.0802. The Morgan fingerprint density at radius 1 is 1.46 bits per heavy atom. The van der Waals surface area contributed by atoms with Gasteiger partial charge in [-0.05, 0) is 37.1 Å². The Bertz CT molecular complexity index is 673. The predicted molar refractivity (Wildman–Crippen MR) is 101 cm³/mol. The molecule has 1 aliphatic rings. The van der Waals surface area contributed by atoms with Gasteiger partial charge < -0.3 is 15.0 Å². The summed E-state index contributed by atoms with van der Waals surface area (Å²) in [6, 6.07) is 5.96. The molecule has 2 aromatic rings. The number of rotatable bonds is 7. The lowest BCUT2D eigenvalue weighted by Gasteiger charge is -2.23. The number of nitrogens with one attached hydrogen (secondary N) is 1. The summed E-state index contributed by atoms with van der Waals surface area (Å²) in [6.07, 6.45) is 7.63. The lowest BCUT2D eigenvalue weighted by molar-refractivity contribution is 0.0673. The summed E-state index contributed by atoms with van der Waals surface area (Å²) in [5, 5.41) is 7.91. The van der Waals surface area contributed by atoms with Crippen LogP contribution in [0.2, 0.25) is 0 Å². The minimum absolute atomic E-state index is 0. The summed E-state index contributed by atoms with van der Waals surface area (Å²) in [7, 11) is 1.64. The second kappa shape index (κ2) is 10.3. The Hall–Kier alpha value is -1.96. The Balaban J connectivity index is 0.00000243. The van der Waals surface area contributed by atoms with E-state index in [4.69, 9.17) is 4.74 Å². The fraction of sp³-hybridized carbons (Fsp3) is 0.500. The summed E-state index contributed by atoms with van der Waals surface area (Å²) in [5.74, 6) is -0.0802. The molecule has 142 valence electrons. The van der Waals surface area contributed by atoms with Gasteiger partial charge in [-0.3, -0.25) is 14.5 Å². The van der Waals surface area contributed by atoms with Crippen molar-refractivity contribution < 1.29 is 9.53 Å². The molecule has 3 heterocycles. The van der Waals surface area contributed by atoms with E-state index in [1.54, 1.807) is 30.5 Å². The van der Waals surface area contributed by atoms with Gasteiger partial charge in [0, 0.05) is 45.3 Å². The molecule has 26 heavy (non-hydrogen) atoms. The van der Waals surface area contributed by atoms with Crippen molar-refractivity contribution in [2.45, 2.75) is 25.4 Å². The lowest BCUT2D eigenvalue weighted by atomic mass is 10.1. The first kappa shape index (κ1) is 20.4. The quantitative estimate of drug-likeness (QED) is 0.795. The third-order valence-corrected chi connectivity index (χ3v) is 4.42. The van der Waals surface area contributed by atoms with Gasteiger partial charge in [0.2, 0.25) is 0 Å². The zero-order chi connectivity index (χ0) is 17.5. The maximum absolute atomic E-state index is 12.9. The molecule has 3 rings (SSSR count). The van der Waals surface area contributed by atoms with Gasteiger partial charge in [-0.15, -0.1) is 12.4 Å². The number of carbonyl (C=O) groups is 1. The van der Waals surface area contributed by atoms with Crippen molar-refractivity contribution in [1.82, 2.24) is 25.0 Å². The maximum Gasteiger partial charge on any atom is 0.274 e. The third kappa shape index (κ3) is 5.27. The van der Waals surface area contributed by atoms with Crippen LogP contribution in [0.5, 0.6) is 0 Å². The number of nitrogens with zero attached hydrogens (tertiary/aromatic N) is 4. The van der Waals surface area contributed by atoms with Gasteiger partial charge in [0.1, 0.15) is 5.69 Å². The topological polar surface area (TPSA) is 72.3 Å². The number of aromatic nitrogens is 3. The molecular weight excluding hydrogens is 354 g/mol. The summed E-state index contributed by atoms with van der Waals surface area (Å²) < 4.78 is 7.07. The SMILES string of the molecule is COCCN(Cc1cccnc1)C(=O)c1ccn(C2CCCNC2)n1.Cl. The average Bonchev–Trinajstić information content (AvgIpc) is 3.16. The van der Waals surface area contributed by atoms with Crippen LogP contribution in [0, 0.1) is 0 Å². The monoisotopic (exact) mass is 379 g/mol. The molecule has 1 atom stereocenters. The van der Waals surface area contributed by atoms with Gasteiger partial charge in [0.05, 0.1) is 12.6 Å². The van der Waals surface area contributed by atoms with Gasteiger partial charge in [-0.1, -0.05) is 6.07 Å². The molecule has 0 saturated carbocycles. The van der Waals surface area contributed by atoms with Crippen LogP contribution >= 0.6 is 12.4 Å². The normalized spacial score (nSPS) is 16.7. The second-order valence-corrected chi connectivity index (χ2v) is 6.26. The minimum Gasteiger partial charge on any atom is -0.383 e. The highest BCUT2D eigenvalue weighted by Crippen LogP contribution is 2.16. The molecule has 7 nitrogen and oxygen atoms in total. The van der Waals surface area contributed by atoms with Crippen LogP contribution in [0.15, 0.2) is 36.8 Å². The van der Waals surface area contributed by atoms with Crippen LogP contribution in [0.3, 0.4) is 0 Å². The predicted octanol–water partition coefficient (Wildman–Crippen LogP) is 1.91. The van der Waals surface area contributed by atoms with Gasteiger partial charge in [-0.25, -0.2) is 0 Å². The summed E-state index contributed by atoms with van der Waals surface area (Å²) in [6.45, 7) is 3.45. The summed E-state index contributed by atoms with van der Waals surface area (Å²) >= 11 is 0. The molecule has 0 spiro atoms. The molecule has 1 amide bonds. The van der Waals surface area contributed by atoms with Gasteiger partial charge >= 0.3 is 0 Å². The zero-order valence-electron chi connectivity index (χ0n) is 15.0. The molecule has 1 unspecified atom stereocenters. The van der Waals surface area contributed by atoms with Crippen molar-refractivity contribution in [2.75, 3.05) is 33.4 Å². The van der Waals surface area contributed by atoms with Crippen LogP contribution in [-0.2, 0) is 11.3 Å². The van der Waals surface area contributed by atoms with Gasteiger partial charge in [0.15, 0.2) is 0 Å². The summed E-state index contributed by atoms with van der Waals surface area (Å²) in [5.41, 5.74) is 1.47. The molecule has 0 aromatic carbocycles. The molecule has 0 radical (unpaired) electrons. The second-order valence-electron chi connectivity index (χ2n) is 6.26. The van der Waals surface area contributed by atoms with E-state index in [1.165, 1.54) is 0 Å². The first-order valence-corrected chi connectivity index (χ1v) is 8.71. The summed E-state index contributed by atoms with van der Waals surface area (Å²) in [4.78, 5) is 18.8. The zero-order valence-corrected chi connectivity index (χ0v) is 15.8. The highest BCUT2D eigenvalue weighted by molar-refractivity contribution is 5.92. The molecule has 2 aromatic heterocycles. The largest absolute Gasteiger partial charge is 0.383 e. The molecule has 0 aliphatic carbocycles. The number of hydrogen-bond donors (Lipinski definition) is 1. The van der Waals surface area contributed by atoms with E-state index in [0.717, 1.165) is 31.5 Å². The number of piperidine rings is 1. The number of halogens is 1. The first-order chi connectivity index (χ1) is 12.3. The molecule has 0 bridgehead atoms. The lowest BCUT2D eigenvalue weighted by Crippen LogP contribution is -2.34. The van der Waals surface area contributed by atoms with E-state index < -0.39 is 0 Å². The van der Waals surface area contributed by atoms with Crippen LogP contribution in [0.25, 0.3) is 0 Å². The Morgan fingerprint density at radius 3 is 3.04 bits per heavy atom. The van der Waals surface area contributed by atoms with Gasteiger partial charge in [0.25, 0.3) is 5.91 Å². The molecule has 1 aliphatic heterocycles. The Kier molecular flexibility index (Phi) is 8.03. The Morgan fingerprint density at radius 2 is 2.35 bits per heavy atom. The third-order valence-electron chi connectivity index (χ3n) is 4.42. The van der Waals surface area contributed by atoms with E-state index in [-0.39, 0.29) is 18.3 Å². The number of carbonyl (C=O) groups excluding carboxylic acids is 1. The smallest absolute Gasteiger partial charge is 0.274 e. The van der Waals surface area contributed by atoms with Crippen molar-refractivity contribution in [3.63, 3.8) is 0 Å². The van der Waals surface area contributed by atoms with E-state index in [1.807, 2.05) is 23.0 Å². The molecular formula is C18H26ClN5O2. The van der Waals surface area contributed by atoms with Crippen molar-refractivity contribution in [3.05, 3.63) is 48.0 Å². The van der Waals surface area contributed by atoms with E-state index in [0.29, 0.717) is 31.4 Å². The fourth-order valence-electron chi connectivity index (χ4n) is 3.04. The van der Waals surface area contributed by atoms with Crippen LogP contribution in [0.1, 0.15) is 34.9 Å². The molecule has 1 fully saturated rings. The standard InChI is InChI=1S/C18H25N5O2.ClH/c1-25-11-10-22(14-15-4-2-7-19-12-15)18(24)17-6-9-23(21-17)16-5-3-8-20-13-16;/h2,4,6-7,9,12,16,20H,3,5,8,10-11,13-14H2,1H3;1H. The van der Waals surface area contributed by atoms with Crippen molar-refractivity contribution in [2.24, 2.45) is 0 Å². The highest BCUT2D eigenvalue weighted by Gasteiger charge is 2.21. The highest BCUT2D eigenvalue weighted by atomic mass is 35.5. The maximum atomic E-state index is 12.9. The molecule has 1 N–H and O–H groups in total. The first-order valence-electron chi connectivity index (χ1n) is 8.71. The van der Waals surface area contributed by atoms with E-state index in [9.17, 15) is 4.79 Å². The van der Waals surface area contributed by atoms with Crippen molar-refractivity contribution in [3.8, 4) is 0 Å². The number of hydrogen-bond acceptors (Lipinski definition) is 5. The molecule has 8 heteroatoms. The molecule has 1 saturated heterocycles.